The smallest absolute Gasteiger partial charge is 0.323 e. The highest BCUT2D eigenvalue weighted by atomic mass is 35.5. The number of carbonyl (C=O) groups is 2. The summed E-state index contributed by atoms with van der Waals surface area (Å²) in [6.07, 6.45) is 6.22. The molecule has 1 N–H and O–H groups in total. The highest BCUT2D eigenvalue weighted by Crippen LogP contribution is 2.38. The van der Waals surface area contributed by atoms with Gasteiger partial charge in [0.15, 0.2) is 11.5 Å². The van der Waals surface area contributed by atoms with E-state index in [0.29, 0.717) is 60.6 Å². The number of carbonyl (C=O) groups excluding carboxylic acids is 2. The Morgan fingerprint density at radius 1 is 0.962 bits per heavy atom. The van der Waals surface area contributed by atoms with Gasteiger partial charge in [-0.1, -0.05) is 42.3 Å². The van der Waals surface area contributed by atoms with E-state index in [0.717, 1.165) is 52.7 Å². The zero-order valence-electron chi connectivity index (χ0n) is 29.1. The summed E-state index contributed by atoms with van der Waals surface area (Å²) in [6, 6.07) is 16.6. The van der Waals surface area contributed by atoms with Crippen molar-refractivity contribution in [3.8, 4) is 34.1 Å². The van der Waals surface area contributed by atoms with E-state index < -0.39 is 22.0 Å². The zero-order valence-corrected chi connectivity index (χ0v) is 30.7. The van der Waals surface area contributed by atoms with Crippen molar-refractivity contribution in [3.63, 3.8) is 0 Å². The number of fused-ring (bicyclic) bond motifs is 1. The Morgan fingerprint density at radius 2 is 1.75 bits per heavy atom. The number of hydrogen-bond donors (Lipinski definition) is 1. The zero-order chi connectivity index (χ0) is 36.8. The summed E-state index contributed by atoms with van der Waals surface area (Å²) in [5, 5.41) is 0.371. The number of esters is 1. The number of halogens is 1. The van der Waals surface area contributed by atoms with Gasteiger partial charge in [-0.2, -0.15) is 0 Å². The molecule has 274 valence electrons. The van der Waals surface area contributed by atoms with Crippen molar-refractivity contribution in [2.75, 3.05) is 33.1 Å². The van der Waals surface area contributed by atoms with Crippen LogP contribution in [0.15, 0.2) is 67.0 Å². The number of piperidine rings is 1. The number of sulfonamides is 1. The molecule has 1 aromatic heterocycles. The quantitative estimate of drug-likeness (QED) is 0.174. The molecule has 1 fully saturated rings. The number of hydrogen-bond acceptors (Lipinski definition) is 11. The van der Waals surface area contributed by atoms with Crippen LogP contribution >= 0.6 is 11.6 Å². The molecule has 14 heteroatoms. The first kappa shape index (κ1) is 36.9. The molecular formula is C38H40ClN3O9S. The number of methoxy groups -OCH3 is 1. The maximum absolute atomic E-state index is 12.7. The maximum atomic E-state index is 12.7. The molecule has 2 aliphatic rings. The van der Waals surface area contributed by atoms with Crippen LogP contribution in [0.3, 0.4) is 0 Å². The fourth-order valence-electron chi connectivity index (χ4n) is 6.34. The number of benzene rings is 3. The molecule has 6 rings (SSSR count). The monoisotopic (exact) mass is 749 g/mol. The Morgan fingerprint density at radius 3 is 2.54 bits per heavy atom. The van der Waals surface area contributed by atoms with Crippen molar-refractivity contribution in [3.05, 3.63) is 99.8 Å². The van der Waals surface area contributed by atoms with E-state index in [-0.39, 0.29) is 24.7 Å². The molecule has 4 aromatic rings. The number of likely N-dealkylation sites (tertiary alicyclic amines) is 1. The fourth-order valence-corrected chi connectivity index (χ4v) is 7.04. The number of rotatable bonds is 12. The summed E-state index contributed by atoms with van der Waals surface area (Å²) in [6.45, 7) is 4.34. The molecule has 0 radical (unpaired) electrons. The Labute approximate surface area is 308 Å². The molecule has 3 aromatic carbocycles. The van der Waals surface area contributed by atoms with Gasteiger partial charge in [0.25, 0.3) is 5.91 Å². The second-order valence-electron chi connectivity index (χ2n) is 12.7. The van der Waals surface area contributed by atoms with E-state index in [1.54, 1.807) is 12.1 Å². The van der Waals surface area contributed by atoms with Crippen LogP contribution in [0.25, 0.3) is 11.1 Å². The van der Waals surface area contributed by atoms with Crippen molar-refractivity contribution in [1.82, 2.24) is 14.6 Å². The predicted molar refractivity (Wildman–Crippen MR) is 194 cm³/mol. The molecule has 1 atom stereocenters. The lowest BCUT2D eigenvalue weighted by Crippen LogP contribution is -2.44. The SMILES string of the molecule is COC(=O)[C@@H]1CCCCN1Cc1cc(Cl)c(OCc2cccc(-c3ccc4c(c3)OCCO4)c2C)cc1OCc1cncc(C(=O)NS(C)(=O)=O)c1. The van der Waals surface area contributed by atoms with Crippen molar-refractivity contribution >= 4 is 33.5 Å². The van der Waals surface area contributed by atoms with Crippen molar-refractivity contribution in [2.24, 2.45) is 0 Å². The minimum absolute atomic E-state index is 0.00180. The summed E-state index contributed by atoms with van der Waals surface area (Å²) in [7, 11) is -2.37. The van der Waals surface area contributed by atoms with Crippen LogP contribution in [0.1, 0.15) is 51.9 Å². The average molecular weight is 750 g/mol. The van der Waals surface area contributed by atoms with Crippen LogP contribution in [-0.2, 0) is 39.3 Å². The second kappa shape index (κ2) is 16.2. The Hall–Kier alpha value is -4.85. The number of nitrogens with zero attached hydrogens (tertiary/aromatic N) is 2. The highest BCUT2D eigenvalue weighted by molar-refractivity contribution is 7.89. The third-order valence-corrected chi connectivity index (χ3v) is 9.84. The lowest BCUT2D eigenvalue weighted by Gasteiger charge is -2.34. The highest BCUT2D eigenvalue weighted by Gasteiger charge is 2.30. The van der Waals surface area contributed by atoms with Gasteiger partial charge in [-0.05, 0) is 72.8 Å². The van der Waals surface area contributed by atoms with Gasteiger partial charge in [-0.3, -0.25) is 19.5 Å². The summed E-state index contributed by atoms with van der Waals surface area (Å²) in [5.74, 6) is 1.20. The Balaban J connectivity index is 1.26. The van der Waals surface area contributed by atoms with Crippen LogP contribution in [0.4, 0.5) is 0 Å². The molecule has 2 aliphatic heterocycles. The first-order chi connectivity index (χ1) is 25.0. The van der Waals surface area contributed by atoms with Crippen LogP contribution < -0.4 is 23.7 Å². The van der Waals surface area contributed by atoms with Crippen molar-refractivity contribution in [2.45, 2.75) is 52.0 Å². The topological polar surface area (TPSA) is 143 Å². The molecular weight excluding hydrogens is 710 g/mol. The van der Waals surface area contributed by atoms with E-state index in [2.05, 4.69) is 16.0 Å². The van der Waals surface area contributed by atoms with Crippen LogP contribution in [0.5, 0.6) is 23.0 Å². The minimum Gasteiger partial charge on any atom is -0.488 e. The molecule has 12 nitrogen and oxygen atoms in total. The third-order valence-electron chi connectivity index (χ3n) is 8.99. The first-order valence-corrected chi connectivity index (χ1v) is 19.1. The first-order valence-electron chi connectivity index (χ1n) is 16.8. The lowest BCUT2D eigenvalue weighted by molar-refractivity contribution is -0.148. The summed E-state index contributed by atoms with van der Waals surface area (Å²) in [5.41, 5.74) is 5.35. The Bertz CT molecular complexity index is 2070. The van der Waals surface area contributed by atoms with Gasteiger partial charge in [0.05, 0.1) is 24.0 Å². The van der Waals surface area contributed by atoms with Gasteiger partial charge in [-0.15, -0.1) is 0 Å². The van der Waals surface area contributed by atoms with Gasteiger partial charge < -0.3 is 23.7 Å². The second-order valence-corrected chi connectivity index (χ2v) is 14.9. The molecule has 0 aliphatic carbocycles. The molecule has 1 amide bonds. The van der Waals surface area contributed by atoms with E-state index in [4.69, 9.17) is 35.3 Å². The maximum Gasteiger partial charge on any atom is 0.323 e. The number of nitrogens with one attached hydrogen (secondary N) is 1. The van der Waals surface area contributed by atoms with Gasteiger partial charge in [0.1, 0.15) is 44.0 Å². The molecule has 52 heavy (non-hydrogen) atoms. The van der Waals surface area contributed by atoms with E-state index in [1.807, 2.05) is 42.0 Å². The number of aromatic nitrogens is 1. The van der Waals surface area contributed by atoms with Crippen LogP contribution in [0.2, 0.25) is 5.02 Å². The van der Waals surface area contributed by atoms with Crippen molar-refractivity contribution < 1.29 is 41.7 Å². The van der Waals surface area contributed by atoms with Gasteiger partial charge >= 0.3 is 5.97 Å². The summed E-state index contributed by atoms with van der Waals surface area (Å²) in [4.78, 5) is 31.3. The molecule has 0 spiro atoms. The molecule has 0 bridgehead atoms. The number of pyridine rings is 1. The summed E-state index contributed by atoms with van der Waals surface area (Å²) < 4.78 is 54.4. The Kier molecular flexibility index (Phi) is 11.5. The standard InChI is InChI=1S/C38H40ClN3O9S/c1-24-27(7-6-8-30(24)26-10-11-33-36(17-26)49-14-13-48-33)23-51-35-18-34(50-22-25-15-28(20-40-19-25)37(43)41-52(3,45)46)29(16-31(35)39)21-42-12-5-4-9-32(42)38(44)47-2/h6-8,10-11,15-20,32H,4-5,9,12-14,21-23H2,1-3H3,(H,41,43)/t32-/m0/s1. The lowest BCUT2D eigenvalue weighted by atomic mass is 9.96. The number of ether oxygens (including phenoxy) is 5. The van der Waals surface area contributed by atoms with Gasteiger partial charge in [0, 0.05) is 36.1 Å². The largest absolute Gasteiger partial charge is 0.488 e. The van der Waals surface area contributed by atoms with Gasteiger partial charge in [-0.25, -0.2) is 13.1 Å². The molecule has 1 saturated heterocycles. The average Bonchev–Trinajstić information content (AvgIpc) is 3.13. The normalized spacial score (nSPS) is 15.8. The van der Waals surface area contributed by atoms with Crippen LogP contribution in [-0.4, -0.2) is 69.3 Å². The molecule has 0 unspecified atom stereocenters. The van der Waals surface area contributed by atoms with E-state index in [9.17, 15) is 18.0 Å². The number of amides is 1. The van der Waals surface area contributed by atoms with Crippen molar-refractivity contribution in [1.29, 1.82) is 0 Å². The fraction of sp³-hybridized carbons (Fsp3) is 0.342. The predicted octanol–water partition coefficient (Wildman–Crippen LogP) is 5.86. The minimum atomic E-state index is -3.76. The van der Waals surface area contributed by atoms with E-state index in [1.165, 1.54) is 25.6 Å². The van der Waals surface area contributed by atoms with Crippen LogP contribution in [0, 0.1) is 6.92 Å². The molecule has 0 saturated carbocycles. The summed E-state index contributed by atoms with van der Waals surface area (Å²) >= 11 is 6.85. The third kappa shape index (κ3) is 8.95. The molecule has 3 heterocycles. The van der Waals surface area contributed by atoms with E-state index >= 15 is 0 Å². The van der Waals surface area contributed by atoms with Gasteiger partial charge in [0.2, 0.25) is 10.0 Å².